The van der Waals surface area contributed by atoms with Gasteiger partial charge in [-0.05, 0) is 25.0 Å². The fourth-order valence-corrected chi connectivity index (χ4v) is 2.18. The van der Waals surface area contributed by atoms with Gasteiger partial charge in [0.1, 0.15) is 6.61 Å². The van der Waals surface area contributed by atoms with Crippen molar-refractivity contribution in [3.63, 3.8) is 0 Å². The van der Waals surface area contributed by atoms with Crippen LogP contribution >= 0.6 is 11.6 Å². The molecule has 1 fully saturated rings. The third-order valence-corrected chi connectivity index (χ3v) is 3.13. The maximum absolute atomic E-state index is 11.8. The van der Waals surface area contributed by atoms with E-state index in [1.807, 2.05) is 0 Å². The number of ether oxygens (including phenoxy) is 1. The van der Waals surface area contributed by atoms with E-state index in [4.69, 9.17) is 16.3 Å². The first-order chi connectivity index (χ1) is 7.75. The van der Waals surface area contributed by atoms with Crippen molar-refractivity contribution in [2.75, 3.05) is 6.61 Å². The van der Waals surface area contributed by atoms with Gasteiger partial charge in [-0.2, -0.15) is 0 Å². The van der Waals surface area contributed by atoms with Crippen molar-refractivity contribution in [1.29, 1.82) is 0 Å². The Bertz CT molecular complexity index is 370. The zero-order valence-corrected chi connectivity index (χ0v) is 9.87. The van der Waals surface area contributed by atoms with Crippen molar-refractivity contribution < 1.29 is 9.53 Å². The molecule has 0 aromatic heterocycles. The first kappa shape index (κ1) is 11.6. The van der Waals surface area contributed by atoms with Crippen molar-refractivity contribution in [3.8, 4) is 0 Å². The highest BCUT2D eigenvalue weighted by Crippen LogP contribution is 2.21. The predicted molar refractivity (Wildman–Crippen MR) is 64.0 cm³/mol. The lowest BCUT2D eigenvalue weighted by atomic mass is 10.1. The average molecular weight is 239 g/mol. The Balaban J connectivity index is 1.87. The van der Waals surface area contributed by atoms with E-state index < -0.39 is 0 Å². The molecule has 86 valence electrons. The van der Waals surface area contributed by atoms with Crippen LogP contribution < -0.4 is 0 Å². The molecule has 1 aromatic rings. The molecule has 1 aliphatic carbocycles. The molecule has 0 bridgehead atoms. The summed E-state index contributed by atoms with van der Waals surface area (Å²) in [5.74, 6) is 0.00870. The monoisotopic (exact) mass is 238 g/mol. The molecule has 2 rings (SSSR count). The molecule has 0 heterocycles. The van der Waals surface area contributed by atoms with Gasteiger partial charge in [-0.25, -0.2) is 0 Å². The fourth-order valence-electron chi connectivity index (χ4n) is 1.99. The van der Waals surface area contributed by atoms with Gasteiger partial charge >= 0.3 is 0 Å². The molecule has 2 nitrogen and oxygen atoms in total. The number of ketones is 1. The van der Waals surface area contributed by atoms with E-state index in [1.165, 1.54) is 12.8 Å². The number of rotatable bonds is 4. The van der Waals surface area contributed by atoms with E-state index >= 15 is 0 Å². The van der Waals surface area contributed by atoms with E-state index in [0.29, 0.717) is 10.6 Å². The summed E-state index contributed by atoms with van der Waals surface area (Å²) in [5, 5.41) is 0.590. The molecule has 16 heavy (non-hydrogen) atoms. The van der Waals surface area contributed by atoms with Gasteiger partial charge in [-0.3, -0.25) is 4.79 Å². The van der Waals surface area contributed by atoms with E-state index in [1.54, 1.807) is 24.3 Å². The molecule has 1 aliphatic rings. The molecular weight excluding hydrogens is 224 g/mol. The van der Waals surface area contributed by atoms with Gasteiger partial charge in [0.05, 0.1) is 6.10 Å². The van der Waals surface area contributed by atoms with Gasteiger partial charge in [-0.1, -0.05) is 36.6 Å². The maximum atomic E-state index is 11.8. The molecule has 0 atom stereocenters. The number of hydrogen-bond donors (Lipinski definition) is 0. The number of benzene rings is 1. The van der Waals surface area contributed by atoms with Gasteiger partial charge in [-0.15, -0.1) is 0 Å². The van der Waals surface area contributed by atoms with Crippen LogP contribution in [-0.2, 0) is 4.74 Å². The quantitative estimate of drug-likeness (QED) is 0.751. The Morgan fingerprint density at radius 3 is 2.81 bits per heavy atom. The number of carbonyl (C=O) groups excluding carboxylic acids is 1. The summed E-state index contributed by atoms with van der Waals surface area (Å²) in [6.45, 7) is 0.172. The van der Waals surface area contributed by atoms with E-state index in [0.717, 1.165) is 12.8 Å². The molecule has 3 heteroatoms. The summed E-state index contributed by atoms with van der Waals surface area (Å²) in [6.07, 6.45) is 4.89. The summed E-state index contributed by atoms with van der Waals surface area (Å²) in [6, 6.07) is 7.00. The normalized spacial score (nSPS) is 16.6. The zero-order valence-electron chi connectivity index (χ0n) is 9.12. The fraction of sp³-hybridized carbons (Fsp3) is 0.462. The highest BCUT2D eigenvalue weighted by atomic mass is 35.5. The van der Waals surface area contributed by atoms with Crippen LogP contribution in [0.1, 0.15) is 36.0 Å². The summed E-state index contributed by atoms with van der Waals surface area (Å²) in [7, 11) is 0. The van der Waals surface area contributed by atoms with Crippen LogP contribution in [0.5, 0.6) is 0 Å². The minimum atomic E-state index is 0.00870. The van der Waals surface area contributed by atoms with Crippen molar-refractivity contribution in [1.82, 2.24) is 0 Å². The van der Waals surface area contributed by atoms with Gasteiger partial charge in [0.25, 0.3) is 0 Å². The van der Waals surface area contributed by atoms with Crippen molar-refractivity contribution in [2.24, 2.45) is 0 Å². The Labute approximate surface area is 101 Å². The average Bonchev–Trinajstić information content (AvgIpc) is 2.78. The molecule has 0 aliphatic heterocycles. The lowest BCUT2D eigenvalue weighted by molar-refractivity contribution is 0.0482. The summed E-state index contributed by atoms with van der Waals surface area (Å²) in [5.41, 5.74) is 0.630. The molecule has 0 N–H and O–H groups in total. The lowest BCUT2D eigenvalue weighted by Crippen LogP contribution is -2.15. The van der Waals surface area contributed by atoms with Gasteiger partial charge < -0.3 is 4.74 Å². The van der Waals surface area contributed by atoms with E-state index in [9.17, 15) is 4.79 Å². The molecule has 1 saturated carbocycles. The Hall–Kier alpha value is -0.860. The standard InChI is InChI=1S/C13H15ClO2/c14-11-5-3-4-10(8-11)13(15)9-16-12-6-1-2-7-12/h3-5,8,12H,1-2,6-7,9H2. The molecule has 0 unspecified atom stereocenters. The van der Waals surface area contributed by atoms with E-state index in [-0.39, 0.29) is 18.5 Å². The largest absolute Gasteiger partial charge is 0.370 e. The second kappa shape index (κ2) is 5.46. The van der Waals surface area contributed by atoms with Crippen LogP contribution in [0.2, 0.25) is 5.02 Å². The van der Waals surface area contributed by atoms with E-state index in [2.05, 4.69) is 0 Å². The zero-order chi connectivity index (χ0) is 11.4. The van der Waals surface area contributed by atoms with Gasteiger partial charge in [0.15, 0.2) is 5.78 Å². The number of hydrogen-bond acceptors (Lipinski definition) is 2. The molecule has 0 radical (unpaired) electrons. The van der Waals surface area contributed by atoms with Crippen molar-refractivity contribution >= 4 is 17.4 Å². The van der Waals surface area contributed by atoms with Crippen LogP contribution in [0.15, 0.2) is 24.3 Å². The maximum Gasteiger partial charge on any atom is 0.188 e. The molecule has 0 saturated heterocycles. The minimum absolute atomic E-state index is 0.00870. The van der Waals surface area contributed by atoms with Gasteiger partial charge in [0.2, 0.25) is 0 Å². The smallest absolute Gasteiger partial charge is 0.188 e. The SMILES string of the molecule is O=C(COC1CCCC1)c1cccc(Cl)c1. The third kappa shape index (κ3) is 3.06. The molecular formula is C13H15ClO2. The Morgan fingerprint density at radius 1 is 1.38 bits per heavy atom. The van der Waals surface area contributed by atoms with Crippen LogP contribution in [0.25, 0.3) is 0 Å². The first-order valence-electron chi connectivity index (χ1n) is 5.66. The molecule has 0 amide bonds. The number of Topliss-reactive ketones (excluding diaryl/α,β-unsaturated/α-hetero) is 1. The first-order valence-corrected chi connectivity index (χ1v) is 6.04. The topological polar surface area (TPSA) is 26.3 Å². The molecule has 0 spiro atoms. The highest BCUT2D eigenvalue weighted by molar-refractivity contribution is 6.31. The van der Waals surface area contributed by atoms with Crippen molar-refractivity contribution in [3.05, 3.63) is 34.9 Å². The van der Waals surface area contributed by atoms with Crippen LogP contribution in [0, 0.1) is 0 Å². The molecule has 1 aromatic carbocycles. The Kier molecular flexibility index (Phi) is 3.97. The number of halogens is 1. The van der Waals surface area contributed by atoms with Crippen LogP contribution in [0.3, 0.4) is 0 Å². The highest BCUT2D eigenvalue weighted by Gasteiger charge is 2.17. The van der Waals surface area contributed by atoms with Gasteiger partial charge in [0, 0.05) is 10.6 Å². The summed E-state index contributed by atoms with van der Waals surface area (Å²) >= 11 is 5.82. The number of carbonyl (C=O) groups is 1. The summed E-state index contributed by atoms with van der Waals surface area (Å²) in [4.78, 5) is 11.8. The van der Waals surface area contributed by atoms with Crippen LogP contribution in [0.4, 0.5) is 0 Å². The Morgan fingerprint density at radius 2 is 2.12 bits per heavy atom. The predicted octanol–water partition coefficient (Wildman–Crippen LogP) is 3.48. The third-order valence-electron chi connectivity index (χ3n) is 2.90. The second-order valence-corrected chi connectivity index (χ2v) is 4.59. The van der Waals surface area contributed by atoms with Crippen LogP contribution in [-0.4, -0.2) is 18.5 Å². The van der Waals surface area contributed by atoms with Crippen molar-refractivity contribution in [2.45, 2.75) is 31.8 Å². The second-order valence-electron chi connectivity index (χ2n) is 4.15. The summed E-state index contributed by atoms with van der Waals surface area (Å²) < 4.78 is 5.57. The lowest BCUT2D eigenvalue weighted by Gasteiger charge is -2.10. The minimum Gasteiger partial charge on any atom is -0.370 e.